The van der Waals surface area contributed by atoms with E-state index in [0.29, 0.717) is 28.3 Å². The van der Waals surface area contributed by atoms with Crippen LogP contribution in [0.4, 0.5) is 23.7 Å². The van der Waals surface area contributed by atoms with Crippen LogP contribution in [0.3, 0.4) is 0 Å². The fourth-order valence-corrected chi connectivity index (χ4v) is 5.69. The first-order valence-electron chi connectivity index (χ1n) is 14.3. The van der Waals surface area contributed by atoms with E-state index in [1.165, 1.54) is 28.0 Å². The summed E-state index contributed by atoms with van der Waals surface area (Å²) < 4.78 is 42.6. The smallest absolute Gasteiger partial charge is 0.480 e. The van der Waals surface area contributed by atoms with Gasteiger partial charge in [-0.05, 0) is 54.3 Å². The van der Waals surface area contributed by atoms with Crippen molar-refractivity contribution in [2.24, 2.45) is 4.99 Å². The predicted molar refractivity (Wildman–Crippen MR) is 170 cm³/mol. The molecule has 4 aromatic rings. The number of halogens is 3. The molecule has 0 radical (unpaired) electrons. The number of thioether (sulfide) groups is 1. The van der Waals surface area contributed by atoms with Gasteiger partial charge < -0.3 is 15.2 Å². The number of ether oxygens (including phenoxy) is 1. The van der Waals surface area contributed by atoms with Gasteiger partial charge in [-0.15, -0.1) is 18.3 Å². The molecule has 1 unspecified atom stereocenters. The Morgan fingerprint density at radius 2 is 1.79 bits per heavy atom. The summed E-state index contributed by atoms with van der Waals surface area (Å²) in [6.07, 6.45) is -3.44. The molecule has 0 aliphatic carbocycles. The van der Waals surface area contributed by atoms with E-state index in [0.717, 1.165) is 35.0 Å². The topological polar surface area (TPSA) is 139 Å². The normalized spacial score (nSPS) is 14.9. The van der Waals surface area contributed by atoms with Crippen molar-refractivity contribution in [2.45, 2.75) is 45.5 Å². The number of nitrogens with one attached hydrogen (secondary N) is 1. The van der Waals surface area contributed by atoms with Gasteiger partial charge in [0.2, 0.25) is 5.91 Å². The van der Waals surface area contributed by atoms with Gasteiger partial charge in [0.1, 0.15) is 18.1 Å². The van der Waals surface area contributed by atoms with Gasteiger partial charge in [-0.2, -0.15) is 4.99 Å². The molecule has 1 atom stereocenters. The molecule has 11 nitrogen and oxygen atoms in total. The van der Waals surface area contributed by atoms with Gasteiger partial charge in [0.25, 0.3) is 0 Å². The quantitative estimate of drug-likeness (QED) is 0.218. The molecule has 0 bridgehead atoms. The second kappa shape index (κ2) is 13.7. The Hall–Kier alpha value is -5.18. The second-order valence-electron chi connectivity index (χ2n) is 10.9. The Labute approximate surface area is 271 Å². The maximum Gasteiger partial charge on any atom is 0.573 e. The van der Waals surface area contributed by atoms with E-state index in [2.05, 4.69) is 25.1 Å². The number of carboxylic acid groups (broad SMARTS) is 1. The van der Waals surface area contributed by atoms with Crippen LogP contribution in [0.5, 0.6) is 5.75 Å². The molecule has 1 saturated heterocycles. The number of hydrogen-bond donors (Lipinski definition) is 2. The lowest BCUT2D eigenvalue weighted by molar-refractivity contribution is -0.274. The molecule has 3 aromatic carbocycles. The van der Waals surface area contributed by atoms with Crippen LogP contribution in [0.1, 0.15) is 36.5 Å². The van der Waals surface area contributed by atoms with Crippen LogP contribution >= 0.6 is 11.8 Å². The highest BCUT2D eigenvalue weighted by molar-refractivity contribution is 8.15. The first-order valence-corrected chi connectivity index (χ1v) is 15.3. The van der Waals surface area contributed by atoms with Crippen LogP contribution in [-0.4, -0.2) is 61.1 Å². The van der Waals surface area contributed by atoms with Gasteiger partial charge in [0.15, 0.2) is 11.0 Å². The number of carbonyl (C=O) groups excluding carboxylic acids is 2. The van der Waals surface area contributed by atoms with Crippen molar-refractivity contribution in [1.29, 1.82) is 0 Å². The Bertz CT molecular complexity index is 1820. The van der Waals surface area contributed by atoms with E-state index < -0.39 is 24.4 Å². The van der Waals surface area contributed by atoms with Crippen LogP contribution in [0.2, 0.25) is 0 Å². The van der Waals surface area contributed by atoms with Crippen molar-refractivity contribution in [3.05, 3.63) is 89.7 Å². The number of rotatable bonds is 9. The lowest BCUT2D eigenvalue weighted by Gasteiger charge is -2.22. The predicted octanol–water partition coefficient (Wildman–Crippen LogP) is 6.11. The van der Waals surface area contributed by atoms with E-state index in [1.54, 1.807) is 24.3 Å². The standard InChI is InChI=1S/C32H29F3N6O5S/c1-18(2)24-14-19(3)4-13-26(24)41-27(42)16-47-31(41)38-30(45)37-25(29(43)44)15-20-5-7-21(8-6-20)28-36-17-40(39-28)22-9-11-23(12-10-22)46-32(33,34)35/h4-14,17-18,25H,15-16H2,1-3H3,(H,37,45)(H,43,44)/b38-31-. The minimum absolute atomic E-state index is 0.0499. The molecular weight excluding hydrogens is 637 g/mol. The van der Waals surface area contributed by atoms with Crippen molar-refractivity contribution in [2.75, 3.05) is 10.7 Å². The zero-order valence-corrected chi connectivity index (χ0v) is 26.2. The summed E-state index contributed by atoms with van der Waals surface area (Å²) in [4.78, 5) is 47.5. The summed E-state index contributed by atoms with van der Waals surface area (Å²) in [6.45, 7) is 5.96. The van der Waals surface area contributed by atoms with Crippen LogP contribution in [0.15, 0.2) is 78.0 Å². The van der Waals surface area contributed by atoms with Crippen molar-refractivity contribution in [1.82, 2.24) is 20.1 Å². The number of aromatic nitrogens is 3. The molecule has 1 aliphatic rings. The number of amidine groups is 1. The van der Waals surface area contributed by atoms with E-state index >= 15 is 0 Å². The molecule has 244 valence electrons. The Balaban J connectivity index is 1.25. The minimum atomic E-state index is -4.80. The average molecular weight is 667 g/mol. The Morgan fingerprint density at radius 1 is 1.09 bits per heavy atom. The molecule has 3 amide bonds. The third kappa shape index (κ3) is 8.16. The van der Waals surface area contributed by atoms with Crippen molar-refractivity contribution < 1.29 is 37.4 Å². The fraction of sp³-hybridized carbons (Fsp3) is 0.250. The number of aliphatic imine (C=N–C) groups is 1. The molecule has 1 fully saturated rings. The number of urea groups is 1. The van der Waals surface area contributed by atoms with E-state index in [4.69, 9.17) is 0 Å². The minimum Gasteiger partial charge on any atom is -0.480 e. The highest BCUT2D eigenvalue weighted by atomic mass is 32.2. The number of amides is 3. The van der Waals surface area contributed by atoms with Crippen molar-refractivity contribution in [3.8, 4) is 22.8 Å². The van der Waals surface area contributed by atoms with E-state index in [-0.39, 0.29) is 34.9 Å². The molecule has 0 saturated carbocycles. The number of anilines is 1. The molecule has 0 spiro atoms. The number of nitrogens with zero attached hydrogens (tertiary/aromatic N) is 5. The molecule has 5 rings (SSSR count). The third-order valence-electron chi connectivity index (χ3n) is 7.08. The molecule has 15 heteroatoms. The molecule has 47 heavy (non-hydrogen) atoms. The Kier molecular flexibility index (Phi) is 9.65. The zero-order chi connectivity index (χ0) is 33.9. The molecule has 2 heterocycles. The number of aryl methyl sites for hydroxylation is 1. The number of aliphatic carboxylic acids is 1. The van der Waals surface area contributed by atoms with Gasteiger partial charge in [-0.25, -0.2) is 19.3 Å². The molecular formula is C32H29F3N6O5S. The number of alkyl halides is 3. The maximum absolute atomic E-state index is 12.9. The van der Waals surface area contributed by atoms with E-state index in [9.17, 15) is 32.7 Å². The molecule has 1 aliphatic heterocycles. The number of carbonyl (C=O) groups is 3. The highest BCUT2D eigenvalue weighted by Crippen LogP contribution is 2.34. The summed E-state index contributed by atoms with van der Waals surface area (Å²) in [7, 11) is 0. The number of benzene rings is 3. The highest BCUT2D eigenvalue weighted by Gasteiger charge is 2.33. The maximum atomic E-state index is 12.9. The fourth-order valence-electron chi connectivity index (χ4n) is 4.84. The van der Waals surface area contributed by atoms with Gasteiger partial charge in [-0.3, -0.25) is 9.69 Å². The summed E-state index contributed by atoms with van der Waals surface area (Å²) in [5, 5.41) is 16.8. The number of carboxylic acids is 1. The lowest BCUT2D eigenvalue weighted by Crippen LogP contribution is -2.42. The first kappa shape index (κ1) is 33.2. The van der Waals surface area contributed by atoms with Crippen LogP contribution in [0.25, 0.3) is 17.1 Å². The molecule has 2 N–H and O–H groups in total. The van der Waals surface area contributed by atoms with E-state index in [1.807, 2.05) is 39.0 Å². The van der Waals surface area contributed by atoms with Gasteiger partial charge in [0.05, 0.1) is 17.1 Å². The second-order valence-corrected chi connectivity index (χ2v) is 11.9. The van der Waals surface area contributed by atoms with Crippen LogP contribution in [-0.2, 0) is 16.0 Å². The summed E-state index contributed by atoms with van der Waals surface area (Å²) in [5.74, 6) is -1.32. The lowest BCUT2D eigenvalue weighted by atomic mass is 9.98. The van der Waals surface area contributed by atoms with Gasteiger partial charge >= 0.3 is 18.4 Å². The third-order valence-corrected chi connectivity index (χ3v) is 8.01. The molecule has 1 aromatic heterocycles. The SMILES string of the molecule is Cc1ccc(N2C(=O)CS/C2=N\C(=O)NC(Cc2ccc(-c3ncn(-c4ccc(OC(F)(F)F)cc4)n3)cc2)C(=O)O)c(C(C)C)c1. The summed E-state index contributed by atoms with van der Waals surface area (Å²) in [6, 6.07) is 15.3. The van der Waals surface area contributed by atoms with Gasteiger partial charge in [0, 0.05) is 12.0 Å². The summed E-state index contributed by atoms with van der Waals surface area (Å²) >= 11 is 1.11. The van der Waals surface area contributed by atoms with Crippen molar-refractivity contribution in [3.63, 3.8) is 0 Å². The average Bonchev–Trinajstić information content (AvgIpc) is 3.64. The van der Waals surface area contributed by atoms with Crippen LogP contribution < -0.4 is 15.0 Å². The number of hydrogen-bond acceptors (Lipinski definition) is 7. The summed E-state index contributed by atoms with van der Waals surface area (Å²) in [5.41, 5.74) is 4.25. The van der Waals surface area contributed by atoms with Crippen molar-refractivity contribution >= 4 is 40.5 Å². The van der Waals surface area contributed by atoms with Gasteiger partial charge in [-0.1, -0.05) is 67.6 Å². The first-order chi connectivity index (χ1) is 22.3. The largest absolute Gasteiger partial charge is 0.573 e. The van der Waals surface area contributed by atoms with Crippen LogP contribution in [0, 0.1) is 6.92 Å². The monoisotopic (exact) mass is 666 g/mol. The Morgan fingerprint density at radius 3 is 2.43 bits per heavy atom. The zero-order valence-electron chi connectivity index (χ0n) is 25.4.